The van der Waals surface area contributed by atoms with Crippen LogP contribution in [-0.2, 0) is 0 Å². The summed E-state index contributed by atoms with van der Waals surface area (Å²) < 4.78 is 5.35. The van der Waals surface area contributed by atoms with Crippen molar-refractivity contribution in [2.45, 2.75) is 37.8 Å². The van der Waals surface area contributed by atoms with E-state index in [0.29, 0.717) is 5.56 Å². The molecule has 1 aliphatic heterocycles. The van der Waals surface area contributed by atoms with Gasteiger partial charge in [0.2, 0.25) is 0 Å². The SMILES string of the molecule is COc1ccc2cc(-c3cc(C(=O)NC4CCN(C5CC5)CC4)c4ccccc4n3)ccc2c1. The van der Waals surface area contributed by atoms with Crippen LogP contribution in [-0.4, -0.2) is 48.1 Å². The molecule has 5 nitrogen and oxygen atoms in total. The number of nitrogens with zero attached hydrogens (tertiary/aromatic N) is 2. The van der Waals surface area contributed by atoms with Crippen molar-refractivity contribution in [2.24, 2.45) is 0 Å². The number of rotatable bonds is 5. The Bertz CT molecular complexity index is 1370. The summed E-state index contributed by atoms with van der Waals surface area (Å²) in [5.74, 6) is 0.834. The first-order chi connectivity index (χ1) is 16.7. The van der Waals surface area contributed by atoms with E-state index in [9.17, 15) is 4.79 Å². The third kappa shape index (κ3) is 4.12. The largest absolute Gasteiger partial charge is 0.497 e. The van der Waals surface area contributed by atoms with Gasteiger partial charge in [-0.2, -0.15) is 0 Å². The number of methoxy groups -OCH3 is 1. The number of ether oxygens (including phenoxy) is 1. The predicted octanol–water partition coefficient (Wildman–Crippen LogP) is 5.42. The van der Waals surface area contributed by atoms with Gasteiger partial charge >= 0.3 is 0 Å². The van der Waals surface area contributed by atoms with Gasteiger partial charge in [-0.3, -0.25) is 4.79 Å². The van der Waals surface area contributed by atoms with E-state index in [4.69, 9.17) is 9.72 Å². The van der Waals surface area contributed by atoms with Crippen LogP contribution < -0.4 is 10.1 Å². The van der Waals surface area contributed by atoms with Crippen LogP contribution in [0, 0.1) is 0 Å². The molecule has 2 aliphatic rings. The van der Waals surface area contributed by atoms with Crippen molar-refractivity contribution in [3.05, 3.63) is 72.3 Å². The molecule has 1 aromatic heterocycles. The molecular formula is C29H29N3O2. The maximum absolute atomic E-state index is 13.5. The number of aromatic nitrogens is 1. The van der Waals surface area contributed by atoms with Crippen molar-refractivity contribution in [2.75, 3.05) is 20.2 Å². The minimum Gasteiger partial charge on any atom is -0.497 e. The van der Waals surface area contributed by atoms with E-state index in [-0.39, 0.29) is 11.9 Å². The summed E-state index contributed by atoms with van der Waals surface area (Å²) in [4.78, 5) is 20.9. The Morgan fingerprint density at radius 2 is 1.71 bits per heavy atom. The summed E-state index contributed by atoms with van der Waals surface area (Å²) in [5, 5.41) is 6.44. The zero-order valence-electron chi connectivity index (χ0n) is 19.5. The van der Waals surface area contributed by atoms with Crippen LogP contribution in [0.15, 0.2) is 66.7 Å². The standard InChI is InChI=1S/C29H29N3O2/c1-34-24-11-8-19-16-21(7-6-20(19)17-24)28-18-26(25-4-2-3-5-27(25)31-28)29(33)30-22-12-14-32(15-13-22)23-9-10-23/h2-8,11,16-18,22-23H,9-10,12-15H2,1H3,(H,30,33). The van der Waals surface area contributed by atoms with Crippen LogP contribution >= 0.6 is 0 Å². The van der Waals surface area contributed by atoms with Crippen molar-refractivity contribution < 1.29 is 9.53 Å². The quantitative estimate of drug-likeness (QED) is 0.440. The Kier molecular flexibility index (Phi) is 5.42. The van der Waals surface area contributed by atoms with E-state index >= 15 is 0 Å². The maximum atomic E-state index is 13.5. The molecule has 6 rings (SSSR count). The molecule has 4 aromatic rings. The Morgan fingerprint density at radius 1 is 0.941 bits per heavy atom. The first-order valence-electron chi connectivity index (χ1n) is 12.2. The molecule has 0 atom stereocenters. The lowest BCUT2D eigenvalue weighted by Crippen LogP contribution is -2.45. The number of pyridine rings is 1. The number of carbonyl (C=O) groups is 1. The Balaban J connectivity index is 1.31. The van der Waals surface area contributed by atoms with Gasteiger partial charge in [-0.15, -0.1) is 0 Å². The number of piperidine rings is 1. The number of hydrogen-bond donors (Lipinski definition) is 1. The third-order valence-corrected chi connectivity index (χ3v) is 7.23. The molecule has 1 saturated carbocycles. The summed E-state index contributed by atoms with van der Waals surface area (Å²) in [6.45, 7) is 2.17. The fraction of sp³-hybridized carbons (Fsp3) is 0.310. The van der Waals surface area contributed by atoms with Crippen LogP contribution in [0.1, 0.15) is 36.0 Å². The van der Waals surface area contributed by atoms with Crippen LogP contribution in [0.5, 0.6) is 5.75 Å². The molecule has 1 saturated heterocycles. The monoisotopic (exact) mass is 451 g/mol. The lowest BCUT2D eigenvalue weighted by molar-refractivity contribution is 0.0910. The number of likely N-dealkylation sites (tertiary alicyclic amines) is 1. The second-order valence-corrected chi connectivity index (χ2v) is 9.51. The molecule has 2 heterocycles. The second-order valence-electron chi connectivity index (χ2n) is 9.51. The molecule has 0 unspecified atom stereocenters. The molecule has 1 aliphatic carbocycles. The minimum atomic E-state index is -0.00440. The maximum Gasteiger partial charge on any atom is 0.252 e. The molecular weight excluding hydrogens is 422 g/mol. The number of amides is 1. The second kappa shape index (κ2) is 8.73. The molecule has 1 amide bonds. The van der Waals surface area contributed by atoms with Crippen LogP contribution in [0.2, 0.25) is 0 Å². The smallest absolute Gasteiger partial charge is 0.252 e. The van der Waals surface area contributed by atoms with Crippen molar-refractivity contribution >= 4 is 27.6 Å². The summed E-state index contributed by atoms with van der Waals surface area (Å²) in [7, 11) is 1.68. The highest BCUT2D eigenvalue weighted by Gasteiger charge is 2.32. The summed E-state index contributed by atoms with van der Waals surface area (Å²) in [6, 6.07) is 23.2. The first kappa shape index (κ1) is 21.1. The Morgan fingerprint density at radius 3 is 2.50 bits per heavy atom. The fourth-order valence-corrected chi connectivity index (χ4v) is 5.13. The molecule has 1 N–H and O–H groups in total. The van der Waals surface area contributed by atoms with Crippen LogP contribution in [0.25, 0.3) is 32.9 Å². The number of para-hydroxylation sites is 1. The van der Waals surface area contributed by atoms with Crippen molar-refractivity contribution in [1.82, 2.24) is 15.2 Å². The summed E-state index contributed by atoms with van der Waals surface area (Å²) in [6.07, 6.45) is 4.72. The van der Waals surface area contributed by atoms with E-state index in [1.165, 1.54) is 12.8 Å². The van der Waals surface area contributed by atoms with Crippen LogP contribution in [0.4, 0.5) is 0 Å². The van der Waals surface area contributed by atoms with Gasteiger partial charge in [0.15, 0.2) is 0 Å². The lowest BCUT2D eigenvalue weighted by Gasteiger charge is -2.32. The van der Waals surface area contributed by atoms with Gasteiger partial charge < -0.3 is 15.0 Å². The molecule has 34 heavy (non-hydrogen) atoms. The minimum absolute atomic E-state index is 0.00440. The zero-order chi connectivity index (χ0) is 23.1. The van der Waals surface area contributed by atoms with Crippen molar-refractivity contribution in [3.63, 3.8) is 0 Å². The average molecular weight is 452 g/mol. The lowest BCUT2D eigenvalue weighted by atomic mass is 10.00. The number of hydrogen-bond acceptors (Lipinski definition) is 4. The van der Waals surface area contributed by atoms with Gasteiger partial charge in [0, 0.05) is 36.1 Å². The van der Waals surface area contributed by atoms with E-state index in [1.54, 1.807) is 7.11 Å². The topological polar surface area (TPSA) is 54.5 Å². The Labute approximate surface area is 199 Å². The molecule has 0 radical (unpaired) electrons. The highest BCUT2D eigenvalue weighted by molar-refractivity contribution is 6.07. The average Bonchev–Trinajstić information content (AvgIpc) is 3.73. The first-order valence-corrected chi connectivity index (χ1v) is 12.2. The predicted molar refractivity (Wildman–Crippen MR) is 136 cm³/mol. The number of fused-ring (bicyclic) bond motifs is 2. The fourth-order valence-electron chi connectivity index (χ4n) is 5.13. The molecule has 0 spiro atoms. The zero-order valence-corrected chi connectivity index (χ0v) is 19.5. The van der Waals surface area contributed by atoms with Gasteiger partial charge in [-0.05, 0) is 66.8 Å². The van der Waals surface area contributed by atoms with E-state index < -0.39 is 0 Å². The Hall–Kier alpha value is -3.44. The van der Waals surface area contributed by atoms with Gasteiger partial charge in [0.25, 0.3) is 5.91 Å². The molecule has 2 fully saturated rings. The number of benzene rings is 3. The molecule has 172 valence electrons. The summed E-state index contributed by atoms with van der Waals surface area (Å²) >= 11 is 0. The number of nitrogens with one attached hydrogen (secondary N) is 1. The number of carbonyl (C=O) groups excluding carboxylic acids is 1. The highest BCUT2D eigenvalue weighted by atomic mass is 16.5. The highest BCUT2D eigenvalue weighted by Crippen LogP contribution is 2.31. The van der Waals surface area contributed by atoms with E-state index in [1.807, 2.05) is 42.5 Å². The molecule has 3 aromatic carbocycles. The van der Waals surface area contributed by atoms with Crippen molar-refractivity contribution in [1.29, 1.82) is 0 Å². The summed E-state index contributed by atoms with van der Waals surface area (Å²) in [5.41, 5.74) is 3.34. The van der Waals surface area contributed by atoms with Gasteiger partial charge in [-0.1, -0.05) is 36.4 Å². The molecule has 0 bridgehead atoms. The van der Waals surface area contributed by atoms with Gasteiger partial charge in [0.1, 0.15) is 5.75 Å². The third-order valence-electron chi connectivity index (χ3n) is 7.23. The molecule has 5 heteroatoms. The normalized spacial score (nSPS) is 17.2. The van der Waals surface area contributed by atoms with E-state index in [2.05, 4.69) is 34.5 Å². The van der Waals surface area contributed by atoms with Crippen LogP contribution in [0.3, 0.4) is 0 Å². The van der Waals surface area contributed by atoms with Gasteiger partial charge in [-0.25, -0.2) is 4.98 Å². The van der Waals surface area contributed by atoms with Crippen molar-refractivity contribution in [3.8, 4) is 17.0 Å². The van der Waals surface area contributed by atoms with Gasteiger partial charge in [0.05, 0.1) is 23.9 Å². The van der Waals surface area contributed by atoms with E-state index in [0.717, 1.165) is 70.7 Å².